The van der Waals surface area contributed by atoms with Gasteiger partial charge in [0.2, 0.25) is 0 Å². The molecule has 0 aliphatic rings. The molecule has 1 aromatic heterocycles. The minimum absolute atomic E-state index is 0.0278. The van der Waals surface area contributed by atoms with Crippen molar-refractivity contribution in [2.75, 3.05) is 0 Å². The van der Waals surface area contributed by atoms with Crippen LogP contribution in [0.2, 0.25) is 0 Å². The molecule has 0 bridgehead atoms. The molecule has 0 unspecified atom stereocenters. The molecule has 0 fully saturated rings. The first-order chi connectivity index (χ1) is 5.49. The largest absolute Gasteiger partial charge is 0.446 e. The number of nitrogens with one attached hydrogen (secondary N) is 1. The molecule has 0 radical (unpaired) electrons. The lowest BCUT2D eigenvalue weighted by atomic mass is 10.5. The van der Waals surface area contributed by atoms with E-state index in [0.717, 1.165) is 0 Å². The molecular formula is C6H4F3NS2. The van der Waals surface area contributed by atoms with Crippen LogP contribution in [0.4, 0.5) is 13.2 Å². The maximum Gasteiger partial charge on any atom is 0.446 e. The highest BCUT2D eigenvalue weighted by Gasteiger charge is 2.29. The first-order valence-corrected chi connectivity index (χ1v) is 4.15. The molecule has 0 saturated carbocycles. The minimum atomic E-state index is -4.28. The summed E-state index contributed by atoms with van der Waals surface area (Å²) < 4.78 is 35.6. The van der Waals surface area contributed by atoms with Crippen molar-refractivity contribution in [2.24, 2.45) is 0 Å². The highest BCUT2D eigenvalue weighted by Crippen LogP contribution is 2.36. The van der Waals surface area contributed by atoms with Crippen molar-refractivity contribution in [1.82, 2.24) is 4.98 Å². The molecule has 0 aliphatic heterocycles. The number of H-pyrrole nitrogens is 1. The van der Waals surface area contributed by atoms with Crippen molar-refractivity contribution < 1.29 is 13.2 Å². The van der Waals surface area contributed by atoms with Gasteiger partial charge in [-0.1, -0.05) is 12.2 Å². The van der Waals surface area contributed by atoms with Crippen LogP contribution in [-0.4, -0.2) is 10.5 Å². The van der Waals surface area contributed by atoms with E-state index in [-0.39, 0.29) is 21.3 Å². The Hall–Kier alpha value is -0.490. The average Bonchev–Trinajstić information content (AvgIpc) is 1.91. The summed E-state index contributed by atoms with van der Waals surface area (Å²) in [5.41, 5.74) is -4.28. The van der Waals surface area contributed by atoms with E-state index in [0.29, 0.717) is 0 Å². The van der Waals surface area contributed by atoms with Crippen LogP contribution in [0.25, 0.3) is 0 Å². The fourth-order valence-corrected chi connectivity index (χ4v) is 1.42. The van der Waals surface area contributed by atoms with Gasteiger partial charge in [0.1, 0.15) is 4.64 Å². The van der Waals surface area contributed by atoms with Crippen LogP contribution < -0.4 is 0 Å². The van der Waals surface area contributed by atoms with E-state index in [2.05, 4.69) is 17.2 Å². The molecule has 1 nitrogen and oxygen atoms in total. The van der Waals surface area contributed by atoms with Crippen molar-refractivity contribution in [3.8, 4) is 0 Å². The van der Waals surface area contributed by atoms with Gasteiger partial charge in [-0.05, 0) is 23.9 Å². The van der Waals surface area contributed by atoms with E-state index in [1.807, 2.05) is 0 Å². The van der Waals surface area contributed by atoms with Gasteiger partial charge in [-0.25, -0.2) is 0 Å². The number of halogens is 3. The Morgan fingerprint density at radius 1 is 1.42 bits per heavy atom. The minimum Gasteiger partial charge on any atom is -0.352 e. The number of pyridine rings is 1. The number of aromatic amines is 1. The molecule has 0 aliphatic carbocycles. The van der Waals surface area contributed by atoms with Crippen LogP contribution in [0.15, 0.2) is 23.2 Å². The molecule has 1 heterocycles. The van der Waals surface area contributed by atoms with Crippen LogP contribution in [0.1, 0.15) is 0 Å². The Morgan fingerprint density at radius 2 is 2.08 bits per heavy atom. The van der Waals surface area contributed by atoms with Gasteiger partial charge in [-0.3, -0.25) is 0 Å². The topological polar surface area (TPSA) is 15.8 Å². The van der Waals surface area contributed by atoms with Gasteiger partial charge in [0, 0.05) is 6.20 Å². The van der Waals surface area contributed by atoms with Crippen LogP contribution in [0, 0.1) is 4.64 Å². The highest BCUT2D eigenvalue weighted by atomic mass is 32.2. The van der Waals surface area contributed by atoms with Gasteiger partial charge in [0.15, 0.2) is 0 Å². The van der Waals surface area contributed by atoms with E-state index < -0.39 is 5.51 Å². The normalized spacial score (nSPS) is 11.6. The lowest BCUT2D eigenvalue weighted by molar-refractivity contribution is -0.0328. The van der Waals surface area contributed by atoms with E-state index in [1.54, 1.807) is 0 Å². The summed E-state index contributed by atoms with van der Waals surface area (Å²) in [6.45, 7) is 0. The Labute approximate surface area is 76.0 Å². The Morgan fingerprint density at radius 3 is 2.58 bits per heavy atom. The van der Waals surface area contributed by atoms with Gasteiger partial charge in [0.05, 0.1) is 4.90 Å². The molecule has 1 rings (SSSR count). The second-order valence-electron chi connectivity index (χ2n) is 1.91. The lowest BCUT2D eigenvalue weighted by Gasteiger charge is -2.04. The number of alkyl halides is 3. The van der Waals surface area contributed by atoms with Gasteiger partial charge in [-0.15, -0.1) is 0 Å². The zero-order valence-corrected chi connectivity index (χ0v) is 7.32. The number of hydrogen-bond donors (Lipinski definition) is 1. The predicted octanol–water partition coefficient (Wildman–Crippen LogP) is 3.36. The monoisotopic (exact) mass is 211 g/mol. The van der Waals surface area contributed by atoms with Crippen molar-refractivity contribution in [2.45, 2.75) is 10.4 Å². The van der Waals surface area contributed by atoms with Crippen LogP contribution >= 0.6 is 24.0 Å². The van der Waals surface area contributed by atoms with Crippen LogP contribution in [0.5, 0.6) is 0 Å². The summed E-state index contributed by atoms with van der Waals surface area (Å²) in [5.74, 6) is 0. The van der Waals surface area contributed by atoms with Gasteiger partial charge in [0.25, 0.3) is 0 Å². The number of thioether (sulfide) groups is 1. The number of hydrogen-bond acceptors (Lipinski definition) is 2. The van der Waals surface area contributed by atoms with Crippen LogP contribution in [0.3, 0.4) is 0 Å². The molecule has 12 heavy (non-hydrogen) atoms. The molecule has 1 N–H and O–H groups in total. The summed E-state index contributed by atoms with van der Waals surface area (Å²) >= 11 is 4.44. The molecule has 0 amide bonds. The smallest absolute Gasteiger partial charge is 0.352 e. The SMILES string of the molecule is FC(F)(F)Sc1ccc[nH]c1=S. The maximum atomic E-state index is 11.8. The zero-order valence-electron chi connectivity index (χ0n) is 5.68. The van der Waals surface area contributed by atoms with Gasteiger partial charge >= 0.3 is 5.51 Å². The molecule has 6 heteroatoms. The highest BCUT2D eigenvalue weighted by molar-refractivity contribution is 8.00. The van der Waals surface area contributed by atoms with Crippen LogP contribution in [-0.2, 0) is 0 Å². The second-order valence-corrected chi connectivity index (χ2v) is 3.43. The second kappa shape index (κ2) is 3.49. The fraction of sp³-hybridized carbons (Fsp3) is 0.167. The summed E-state index contributed by atoms with van der Waals surface area (Å²) in [5, 5.41) is 0. The van der Waals surface area contributed by atoms with E-state index in [9.17, 15) is 13.2 Å². The third-order valence-corrected chi connectivity index (χ3v) is 2.27. The number of aromatic nitrogens is 1. The molecule has 66 valence electrons. The number of rotatable bonds is 1. The standard InChI is InChI=1S/C6H4F3NS2/c7-6(8,9)12-4-2-1-3-10-5(4)11/h1-3H,(H,10,11). The summed E-state index contributed by atoms with van der Waals surface area (Å²) in [6, 6.07) is 2.81. The van der Waals surface area contributed by atoms with E-state index in [4.69, 9.17) is 0 Å². The fourth-order valence-electron chi connectivity index (χ4n) is 0.611. The molecule has 0 atom stereocenters. The molecule has 0 spiro atoms. The molecule has 0 aromatic carbocycles. The van der Waals surface area contributed by atoms with E-state index in [1.165, 1.54) is 18.3 Å². The predicted molar refractivity (Wildman–Crippen MR) is 43.5 cm³/mol. The van der Waals surface area contributed by atoms with E-state index >= 15 is 0 Å². The van der Waals surface area contributed by atoms with Crippen molar-refractivity contribution in [3.63, 3.8) is 0 Å². The Balaban J connectivity index is 2.91. The molecule has 0 saturated heterocycles. The maximum absolute atomic E-state index is 11.8. The third-order valence-electron chi connectivity index (χ3n) is 1.01. The lowest BCUT2D eigenvalue weighted by Crippen LogP contribution is -1.99. The first-order valence-electron chi connectivity index (χ1n) is 2.92. The Kier molecular flexibility index (Phi) is 2.79. The summed E-state index contributed by atoms with van der Waals surface area (Å²) in [6.07, 6.45) is 1.49. The quantitative estimate of drug-likeness (QED) is 0.566. The molecular weight excluding hydrogens is 207 g/mol. The molecule has 1 aromatic rings. The zero-order chi connectivity index (χ0) is 9.19. The van der Waals surface area contributed by atoms with Gasteiger partial charge in [-0.2, -0.15) is 13.2 Å². The summed E-state index contributed by atoms with van der Waals surface area (Å²) in [7, 11) is 0. The van der Waals surface area contributed by atoms with Crippen molar-refractivity contribution in [1.29, 1.82) is 0 Å². The average molecular weight is 211 g/mol. The first kappa shape index (κ1) is 9.60. The van der Waals surface area contributed by atoms with Gasteiger partial charge < -0.3 is 4.98 Å². The Bertz CT molecular complexity index is 317. The third kappa shape index (κ3) is 2.86. The van der Waals surface area contributed by atoms with Crippen molar-refractivity contribution >= 4 is 24.0 Å². The summed E-state index contributed by atoms with van der Waals surface area (Å²) in [4.78, 5) is 2.54. The van der Waals surface area contributed by atoms with Crippen molar-refractivity contribution in [3.05, 3.63) is 23.0 Å².